The van der Waals surface area contributed by atoms with Gasteiger partial charge in [0.05, 0.1) is 5.69 Å². The van der Waals surface area contributed by atoms with Gasteiger partial charge in [-0.05, 0) is 60.4 Å². The molecular weight excluding hydrogens is 360 g/mol. The van der Waals surface area contributed by atoms with Gasteiger partial charge in [-0.25, -0.2) is 9.98 Å². The first-order chi connectivity index (χ1) is 14.0. The van der Waals surface area contributed by atoms with Crippen molar-refractivity contribution in [1.29, 1.82) is 0 Å². The smallest absolute Gasteiger partial charge is 0.192 e. The number of rotatable bonds is 2. The molecule has 2 heterocycles. The molecule has 5 rings (SSSR count). The van der Waals surface area contributed by atoms with E-state index in [1.165, 1.54) is 24.0 Å². The summed E-state index contributed by atoms with van der Waals surface area (Å²) in [4.78, 5) is 9.29. The Morgan fingerprint density at radius 2 is 1.83 bits per heavy atom. The summed E-state index contributed by atoms with van der Waals surface area (Å²) >= 11 is 0. The van der Waals surface area contributed by atoms with Crippen LogP contribution in [-0.4, -0.2) is 10.9 Å². The maximum atomic E-state index is 5.74. The third kappa shape index (κ3) is 2.97. The highest BCUT2D eigenvalue weighted by Gasteiger charge is 2.43. The largest absolute Gasteiger partial charge is 0.476 e. The zero-order valence-electron chi connectivity index (χ0n) is 17.7. The van der Waals surface area contributed by atoms with Gasteiger partial charge in [-0.3, -0.25) is 0 Å². The molecule has 3 unspecified atom stereocenters. The van der Waals surface area contributed by atoms with Crippen LogP contribution < -0.4 is 0 Å². The maximum Gasteiger partial charge on any atom is 0.192 e. The maximum absolute atomic E-state index is 5.74. The van der Waals surface area contributed by atoms with Crippen molar-refractivity contribution in [3.05, 3.63) is 59.0 Å². The normalized spacial score (nSPS) is 26.7. The fraction of sp³-hybridized carbons (Fsp3) is 0.440. The second kappa shape index (κ2) is 6.72. The topological polar surface area (TPSA) is 47.6 Å². The average molecular weight is 389 g/mol. The van der Waals surface area contributed by atoms with E-state index in [-0.39, 0.29) is 5.41 Å². The van der Waals surface area contributed by atoms with Gasteiger partial charge in [-0.1, -0.05) is 32.0 Å². The number of benzene rings is 2. The quantitative estimate of drug-likeness (QED) is 0.506. The summed E-state index contributed by atoms with van der Waals surface area (Å²) in [6.45, 7) is 9.23. The van der Waals surface area contributed by atoms with E-state index in [1.807, 2.05) is 13.8 Å². The number of oxazole rings is 1. The van der Waals surface area contributed by atoms with Crippen molar-refractivity contribution in [2.45, 2.75) is 59.0 Å². The third-order valence-electron chi connectivity index (χ3n) is 6.95. The Balaban J connectivity index is 1.70. The van der Waals surface area contributed by atoms with Gasteiger partial charge in [-0.15, -0.1) is 0 Å². The van der Waals surface area contributed by atoms with Gasteiger partial charge >= 0.3 is 0 Å². The molecule has 2 aliphatic rings. The number of ether oxygens (including phenoxy) is 1. The number of aliphatic imine (C=N–C) groups is 1. The predicted octanol–water partition coefficient (Wildman–Crippen LogP) is 6.46. The number of aryl methyl sites for hydroxylation is 1. The first-order valence-electron chi connectivity index (χ1n) is 10.6. The molecule has 4 nitrogen and oxygen atoms in total. The van der Waals surface area contributed by atoms with Crippen molar-refractivity contribution >= 4 is 22.7 Å². The minimum absolute atomic E-state index is 0.0374. The molecule has 1 aliphatic heterocycles. The summed E-state index contributed by atoms with van der Waals surface area (Å²) < 4.78 is 11.4. The van der Waals surface area contributed by atoms with Gasteiger partial charge in [0.25, 0.3) is 0 Å². The Labute approximate surface area is 172 Å². The predicted molar refractivity (Wildman–Crippen MR) is 116 cm³/mol. The molecule has 0 saturated heterocycles. The van der Waals surface area contributed by atoms with Crippen LogP contribution in [0.4, 0.5) is 5.69 Å². The molecule has 0 bridgehead atoms. The van der Waals surface area contributed by atoms with Gasteiger partial charge < -0.3 is 9.15 Å². The lowest BCUT2D eigenvalue weighted by atomic mass is 9.58. The summed E-state index contributed by atoms with van der Waals surface area (Å²) in [5, 5.41) is 0. The summed E-state index contributed by atoms with van der Waals surface area (Å²) in [6, 6.07) is 13.4. The summed E-state index contributed by atoms with van der Waals surface area (Å²) in [5.41, 5.74) is 6.68. The molecule has 150 valence electrons. The van der Waals surface area contributed by atoms with E-state index in [0.29, 0.717) is 12.5 Å². The third-order valence-corrected chi connectivity index (χ3v) is 6.95. The van der Waals surface area contributed by atoms with Crippen molar-refractivity contribution < 1.29 is 9.15 Å². The minimum Gasteiger partial charge on any atom is -0.476 e. The Hall–Kier alpha value is -2.62. The van der Waals surface area contributed by atoms with Crippen molar-refractivity contribution in [2.24, 2.45) is 16.8 Å². The van der Waals surface area contributed by atoms with Crippen LogP contribution in [0.25, 0.3) is 11.1 Å². The SMILES string of the molecule is CC1=Nc2cc(C3(c4ccc5oc(C)nc5c4)CCC(C)CC3C)ccc2CO1. The standard InChI is InChI=1S/C25H28N2O2/c1-15-9-10-25(16(2)11-15,21-7-8-24-23(13-21)27-18(4)29-24)20-6-5-19-14-28-17(3)26-22(19)12-20/h5-8,12-13,15-16H,9-11,14H2,1-4H3. The van der Waals surface area contributed by atoms with Crippen LogP contribution in [0.3, 0.4) is 0 Å². The Morgan fingerprint density at radius 1 is 1.03 bits per heavy atom. The molecule has 3 aromatic rings. The van der Waals surface area contributed by atoms with Crippen LogP contribution in [-0.2, 0) is 16.8 Å². The van der Waals surface area contributed by atoms with E-state index >= 15 is 0 Å². The molecule has 4 heteroatoms. The Kier molecular flexibility index (Phi) is 4.27. The van der Waals surface area contributed by atoms with E-state index in [2.05, 4.69) is 60.2 Å². The fourth-order valence-electron chi connectivity index (χ4n) is 5.44. The van der Waals surface area contributed by atoms with Gasteiger partial charge in [0.1, 0.15) is 12.1 Å². The van der Waals surface area contributed by atoms with E-state index in [4.69, 9.17) is 9.15 Å². The highest BCUT2D eigenvalue weighted by atomic mass is 16.5. The highest BCUT2D eigenvalue weighted by Crippen LogP contribution is 2.51. The molecule has 0 spiro atoms. The number of aromatic nitrogens is 1. The molecule has 29 heavy (non-hydrogen) atoms. The summed E-state index contributed by atoms with van der Waals surface area (Å²) in [6.07, 6.45) is 3.58. The van der Waals surface area contributed by atoms with Gasteiger partial charge in [0.15, 0.2) is 17.4 Å². The average Bonchev–Trinajstić information content (AvgIpc) is 3.07. The Bertz CT molecular complexity index is 1110. The van der Waals surface area contributed by atoms with E-state index < -0.39 is 0 Å². The second-order valence-corrected chi connectivity index (χ2v) is 8.93. The molecule has 0 radical (unpaired) electrons. The molecule has 1 fully saturated rings. The van der Waals surface area contributed by atoms with Crippen LogP contribution in [0.2, 0.25) is 0 Å². The minimum atomic E-state index is -0.0374. The number of nitrogens with zero attached hydrogens (tertiary/aromatic N) is 2. The zero-order chi connectivity index (χ0) is 20.2. The van der Waals surface area contributed by atoms with Gasteiger partial charge in [0.2, 0.25) is 0 Å². The lowest BCUT2D eigenvalue weighted by Crippen LogP contribution is -2.40. The molecule has 0 amide bonds. The van der Waals surface area contributed by atoms with Gasteiger partial charge in [0, 0.05) is 24.8 Å². The van der Waals surface area contributed by atoms with Crippen molar-refractivity contribution in [1.82, 2.24) is 4.98 Å². The zero-order valence-corrected chi connectivity index (χ0v) is 17.7. The molecule has 3 atom stereocenters. The lowest BCUT2D eigenvalue weighted by Gasteiger charge is -2.46. The van der Waals surface area contributed by atoms with Crippen molar-refractivity contribution in [2.75, 3.05) is 0 Å². The van der Waals surface area contributed by atoms with Gasteiger partial charge in [-0.2, -0.15) is 0 Å². The molecule has 0 N–H and O–H groups in total. The number of fused-ring (bicyclic) bond motifs is 2. The summed E-state index contributed by atoms with van der Waals surface area (Å²) in [7, 11) is 0. The lowest BCUT2D eigenvalue weighted by molar-refractivity contribution is 0.195. The van der Waals surface area contributed by atoms with Crippen LogP contribution in [0.5, 0.6) is 0 Å². The van der Waals surface area contributed by atoms with Crippen LogP contribution in [0, 0.1) is 18.8 Å². The first kappa shape index (κ1) is 18.4. The van der Waals surface area contributed by atoms with Crippen LogP contribution in [0.1, 0.15) is 62.6 Å². The van der Waals surface area contributed by atoms with Crippen LogP contribution in [0.15, 0.2) is 45.8 Å². The van der Waals surface area contributed by atoms with E-state index in [9.17, 15) is 0 Å². The van der Waals surface area contributed by atoms with Crippen molar-refractivity contribution in [3.63, 3.8) is 0 Å². The van der Waals surface area contributed by atoms with E-state index in [1.54, 1.807) is 0 Å². The first-order valence-corrected chi connectivity index (χ1v) is 10.6. The molecule has 1 aliphatic carbocycles. The monoisotopic (exact) mass is 388 g/mol. The van der Waals surface area contributed by atoms with Crippen LogP contribution >= 0.6 is 0 Å². The number of hydrogen-bond donors (Lipinski definition) is 0. The fourth-order valence-corrected chi connectivity index (χ4v) is 5.44. The Morgan fingerprint density at radius 3 is 2.66 bits per heavy atom. The summed E-state index contributed by atoms with van der Waals surface area (Å²) in [5.74, 6) is 2.74. The second-order valence-electron chi connectivity index (χ2n) is 8.93. The van der Waals surface area contributed by atoms with Crippen molar-refractivity contribution in [3.8, 4) is 0 Å². The van der Waals surface area contributed by atoms with E-state index in [0.717, 1.165) is 46.5 Å². The number of hydrogen-bond acceptors (Lipinski definition) is 4. The molecule has 2 aromatic carbocycles. The molecule has 1 saturated carbocycles. The highest BCUT2D eigenvalue weighted by molar-refractivity contribution is 5.79. The molecule has 1 aromatic heterocycles. The molecular formula is C25H28N2O2.